The number of H-pyrrole nitrogens is 2. The lowest BCUT2D eigenvalue weighted by atomic mass is 10.2. The zero-order valence-corrected chi connectivity index (χ0v) is 25.6. The van der Waals surface area contributed by atoms with Gasteiger partial charge >= 0.3 is 0 Å². The molecule has 3 aromatic heterocycles. The van der Waals surface area contributed by atoms with Gasteiger partial charge in [0, 0.05) is 50.5 Å². The highest BCUT2D eigenvalue weighted by atomic mass is 19.1. The van der Waals surface area contributed by atoms with E-state index in [1.807, 2.05) is 27.5 Å². The molecule has 0 bridgehead atoms. The van der Waals surface area contributed by atoms with Crippen molar-refractivity contribution in [2.75, 3.05) is 6.54 Å². The number of allylic oxidation sites excluding steroid dienone is 2. The van der Waals surface area contributed by atoms with Crippen molar-refractivity contribution in [1.29, 1.82) is 0 Å². The van der Waals surface area contributed by atoms with Gasteiger partial charge in [-0.2, -0.15) is 5.21 Å². The van der Waals surface area contributed by atoms with Crippen molar-refractivity contribution in [3.63, 3.8) is 0 Å². The van der Waals surface area contributed by atoms with Crippen LogP contribution in [0.5, 0.6) is 0 Å². The second kappa shape index (κ2) is 16.3. The van der Waals surface area contributed by atoms with Crippen molar-refractivity contribution in [3.05, 3.63) is 143 Å². The van der Waals surface area contributed by atoms with E-state index in [1.54, 1.807) is 54.7 Å². The van der Waals surface area contributed by atoms with Gasteiger partial charge in [-0.1, -0.05) is 12.1 Å². The Morgan fingerprint density at radius 1 is 0.936 bits per heavy atom. The number of nitrogens with one attached hydrogen (secondary N) is 2. The topological polar surface area (TPSA) is 150 Å². The average molecular weight is 641 g/mol. The minimum Gasteiger partial charge on any atom is -0.504 e. The number of aliphatic hydroxyl groups excluding tert-OH is 1. The number of rotatable bonds is 9. The maximum absolute atomic E-state index is 12.9. The fourth-order valence-electron chi connectivity index (χ4n) is 4.43. The Morgan fingerprint density at radius 2 is 1.62 bits per heavy atom. The summed E-state index contributed by atoms with van der Waals surface area (Å²) in [6, 6.07) is 19.6. The highest BCUT2D eigenvalue weighted by Gasteiger charge is 2.24. The summed E-state index contributed by atoms with van der Waals surface area (Å²) < 4.78 is 29.3. The van der Waals surface area contributed by atoms with E-state index in [-0.39, 0.29) is 40.6 Å². The zero-order chi connectivity index (χ0) is 33.8. The first-order valence-electron chi connectivity index (χ1n) is 14.4. The Labute approximate surface area is 268 Å². The van der Waals surface area contributed by atoms with Crippen LogP contribution in [-0.4, -0.2) is 69.5 Å². The van der Waals surface area contributed by atoms with Gasteiger partial charge in [-0.25, -0.2) is 13.4 Å². The molecule has 0 saturated heterocycles. The van der Waals surface area contributed by atoms with Crippen molar-refractivity contribution in [2.45, 2.75) is 26.9 Å². The van der Waals surface area contributed by atoms with Gasteiger partial charge in [-0.05, 0) is 77.5 Å². The molecule has 47 heavy (non-hydrogen) atoms. The molecule has 5 aromatic rings. The highest BCUT2D eigenvalue weighted by Crippen LogP contribution is 2.11. The summed E-state index contributed by atoms with van der Waals surface area (Å²) in [7, 11) is 0. The van der Waals surface area contributed by atoms with Crippen LogP contribution in [0.1, 0.15) is 51.8 Å². The van der Waals surface area contributed by atoms with E-state index in [4.69, 9.17) is 0 Å². The number of benzene rings is 2. The molecule has 0 radical (unpaired) electrons. The summed E-state index contributed by atoms with van der Waals surface area (Å²) >= 11 is 0. The molecular formula is C34H32F2N7O4+. The monoisotopic (exact) mass is 640 g/mol. The molecule has 4 heterocycles. The van der Waals surface area contributed by atoms with Crippen LogP contribution in [0.25, 0.3) is 5.76 Å². The summed E-state index contributed by atoms with van der Waals surface area (Å²) in [6.07, 6.45) is 8.16. The standard InChI is InChI=1S/C15H12FN5O2.C13H12FNO.C6H7NO/c16-11-5-3-10(4-6-11)9-21-7-1-2-12(21)13(22)8-14(23)15-17-19-20-18-15;1-10(16)13-3-2-8-15(13)9-11-4-6-12(14)7-5-11;1-5(8)6-3-2-4-7-6/h1-6,8H,7,9H2,(H-,17,18,19,20,22,23);2-8H,9H2,1H3;2-4,7H,1H3/p+1. The lowest BCUT2D eigenvalue weighted by molar-refractivity contribution is -0.529. The van der Waals surface area contributed by atoms with Crippen LogP contribution in [0.2, 0.25) is 0 Å². The smallest absolute Gasteiger partial charge is 0.252 e. The van der Waals surface area contributed by atoms with Crippen LogP contribution >= 0.6 is 0 Å². The minimum absolute atomic E-state index is 0.0344. The molecule has 0 aliphatic carbocycles. The summed E-state index contributed by atoms with van der Waals surface area (Å²) in [4.78, 5) is 36.8. The second-order valence-corrected chi connectivity index (χ2v) is 10.3. The van der Waals surface area contributed by atoms with Gasteiger partial charge in [0.25, 0.3) is 5.78 Å². The normalized spacial score (nSPS) is 12.2. The first-order valence-corrected chi connectivity index (χ1v) is 14.4. The predicted octanol–water partition coefficient (Wildman–Crippen LogP) is 5.13. The Bertz CT molecular complexity index is 1890. The second-order valence-electron chi connectivity index (χ2n) is 10.3. The van der Waals surface area contributed by atoms with Crippen molar-refractivity contribution in [3.8, 4) is 0 Å². The quantitative estimate of drug-likeness (QED) is 0.0876. The molecule has 0 amide bonds. The molecule has 0 spiro atoms. The molecule has 0 fully saturated rings. The fraction of sp³-hybridized carbons (Fsp3) is 0.147. The Kier molecular flexibility index (Phi) is 11.7. The first-order chi connectivity index (χ1) is 22.6. The van der Waals surface area contributed by atoms with Crippen molar-refractivity contribution in [1.82, 2.24) is 30.2 Å². The molecule has 240 valence electrons. The number of aromatic amines is 2. The Hall–Kier alpha value is -6.11. The first kappa shape index (κ1) is 33.8. The number of halogens is 2. The van der Waals surface area contributed by atoms with Crippen molar-refractivity contribution >= 4 is 28.8 Å². The lowest BCUT2D eigenvalue weighted by Gasteiger charge is -2.06. The average Bonchev–Trinajstić information content (AvgIpc) is 3.88. The Morgan fingerprint density at radius 3 is 2.17 bits per heavy atom. The van der Waals surface area contributed by atoms with E-state index in [0.29, 0.717) is 36.7 Å². The number of Topliss-reactive ketones (excluding diaryl/α,β-unsaturated/α-hetero) is 2. The third-order valence-corrected chi connectivity index (χ3v) is 6.76. The molecule has 2 aromatic carbocycles. The maximum Gasteiger partial charge on any atom is 0.252 e. The molecule has 3 N–H and O–H groups in total. The van der Waals surface area contributed by atoms with Gasteiger partial charge in [0.2, 0.25) is 11.5 Å². The Balaban J connectivity index is 0.000000180. The van der Waals surface area contributed by atoms with E-state index in [0.717, 1.165) is 17.2 Å². The third-order valence-electron chi connectivity index (χ3n) is 6.76. The van der Waals surface area contributed by atoms with E-state index >= 15 is 0 Å². The number of tetrazole rings is 1. The molecule has 11 nitrogen and oxygen atoms in total. The third kappa shape index (κ3) is 9.94. The number of hydrogen-bond acceptors (Lipinski definition) is 7. The molecule has 0 saturated carbocycles. The number of nitrogens with zero attached hydrogens (tertiary/aromatic N) is 5. The summed E-state index contributed by atoms with van der Waals surface area (Å²) in [5.74, 6) is -1.22. The van der Waals surface area contributed by atoms with Crippen LogP contribution in [-0.2, 0) is 17.9 Å². The molecule has 6 rings (SSSR count). The van der Waals surface area contributed by atoms with Crippen LogP contribution in [0, 0.1) is 11.6 Å². The molecular weight excluding hydrogens is 608 g/mol. The lowest BCUT2D eigenvalue weighted by Crippen LogP contribution is -2.22. The molecule has 0 unspecified atom stereocenters. The van der Waals surface area contributed by atoms with Gasteiger partial charge < -0.3 is 14.7 Å². The van der Waals surface area contributed by atoms with E-state index in [9.17, 15) is 28.3 Å². The highest BCUT2D eigenvalue weighted by molar-refractivity contribution is 6.47. The van der Waals surface area contributed by atoms with Gasteiger partial charge in [0.15, 0.2) is 30.4 Å². The number of aromatic nitrogens is 6. The van der Waals surface area contributed by atoms with Crippen LogP contribution in [0.15, 0.2) is 103 Å². The SMILES string of the molecule is CC(=O)c1ccc[nH]1.CC(=O)c1cccn1Cc1ccc(F)cc1.O=C(/C=C(\O)c1nn[nH]n1)C1=[N+](Cc2ccc(F)cc2)CC=C1. The maximum atomic E-state index is 12.9. The van der Waals surface area contributed by atoms with E-state index < -0.39 is 0 Å². The zero-order valence-electron chi connectivity index (χ0n) is 25.6. The molecule has 1 aliphatic rings. The molecule has 13 heteroatoms. The predicted molar refractivity (Wildman–Crippen MR) is 170 cm³/mol. The van der Waals surface area contributed by atoms with Gasteiger partial charge in [-0.15, -0.1) is 10.2 Å². The van der Waals surface area contributed by atoms with E-state index in [2.05, 4.69) is 25.6 Å². The summed E-state index contributed by atoms with van der Waals surface area (Å²) in [5.41, 5.74) is 3.63. The summed E-state index contributed by atoms with van der Waals surface area (Å²) in [5, 5.41) is 22.5. The van der Waals surface area contributed by atoms with Crippen LogP contribution < -0.4 is 0 Å². The fourth-order valence-corrected chi connectivity index (χ4v) is 4.43. The number of hydrogen-bond donors (Lipinski definition) is 3. The summed E-state index contributed by atoms with van der Waals surface area (Å²) in [6.45, 7) is 4.69. The largest absolute Gasteiger partial charge is 0.504 e. The number of carbonyl (C=O) groups excluding carboxylic acids is 3. The number of ketones is 3. The number of carbonyl (C=O) groups is 3. The van der Waals surface area contributed by atoms with Gasteiger partial charge in [-0.3, -0.25) is 14.4 Å². The van der Waals surface area contributed by atoms with Crippen molar-refractivity contribution < 1.29 is 32.8 Å². The molecule has 1 aliphatic heterocycles. The van der Waals surface area contributed by atoms with Crippen LogP contribution in [0.4, 0.5) is 8.78 Å². The van der Waals surface area contributed by atoms with Gasteiger partial charge in [0.05, 0.1) is 11.4 Å². The van der Waals surface area contributed by atoms with Crippen LogP contribution in [0.3, 0.4) is 0 Å². The molecule has 0 atom stereocenters. The van der Waals surface area contributed by atoms with E-state index in [1.165, 1.54) is 38.1 Å². The minimum atomic E-state index is -0.372. The van der Waals surface area contributed by atoms with Crippen molar-refractivity contribution in [2.24, 2.45) is 0 Å². The number of aliphatic hydroxyl groups is 1. The van der Waals surface area contributed by atoms with Gasteiger partial charge in [0.1, 0.15) is 11.6 Å².